The van der Waals surface area contributed by atoms with Gasteiger partial charge >= 0.3 is 5.82 Å². The highest BCUT2D eigenvalue weighted by molar-refractivity contribution is 9.10. The molecule has 0 saturated carbocycles. The Balaban J connectivity index is 1.92. The molecule has 6 nitrogen and oxygen atoms in total. The van der Waals surface area contributed by atoms with Crippen LogP contribution in [0.5, 0.6) is 5.75 Å². The molecule has 1 heterocycles. The molecular weight excluding hydrogens is 382 g/mol. The van der Waals surface area contributed by atoms with Gasteiger partial charge in [0, 0.05) is 4.47 Å². The fourth-order valence-electron chi connectivity index (χ4n) is 1.44. The van der Waals surface area contributed by atoms with Crippen LogP contribution >= 0.6 is 31.9 Å². The van der Waals surface area contributed by atoms with Gasteiger partial charge in [-0.1, -0.05) is 22.0 Å². The first kappa shape index (κ1) is 14.0. The third-order valence-corrected chi connectivity index (χ3v) is 3.31. The van der Waals surface area contributed by atoms with Gasteiger partial charge in [-0.15, -0.1) is 0 Å². The van der Waals surface area contributed by atoms with E-state index in [1.54, 1.807) is 6.20 Å². The molecule has 0 aliphatic carbocycles. The van der Waals surface area contributed by atoms with Crippen LogP contribution in [0.2, 0.25) is 0 Å². The number of rotatable bonds is 5. The van der Waals surface area contributed by atoms with E-state index in [1.165, 1.54) is 4.68 Å². The van der Waals surface area contributed by atoms with Crippen LogP contribution in [0.4, 0.5) is 5.82 Å². The van der Waals surface area contributed by atoms with Gasteiger partial charge in [-0.05, 0) is 39.1 Å². The van der Waals surface area contributed by atoms with E-state index < -0.39 is 4.92 Å². The van der Waals surface area contributed by atoms with Crippen LogP contribution < -0.4 is 4.74 Å². The molecule has 0 N–H and O–H groups in total. The Hall–Kier alpha value is -1.41. The lowest BCUT2D eigenvalue weighted by molar-refractivity contribution is -0.390. The quantitative estimate of drug-likeness (QED) is 0.579. The summed E-state index contributed by atoms with van der Waals surface area (Å²) in [4.78, 5) is 10.1. The average molecular weight is 391 g/mol. The van der Waals surface area contributed by atoms with Gasteiger partial charge in [0.15, 0.2) is 0 Å². The number of halogens is 2. The van der Waals surface area contributed by atoms with Gasteiger partial charge in [0.2, 0.25) is 0 Å². The Bertz CT molecular complexity index is 601. The number of aromatic nitrogens is 2. The number of hydrogen-bond acceptors (Lipinski definition) is 4. The molecular formula is C11H9Br2N3O3. The minimum atomic E-state index is -0.532. The lowest BCUT2D eigenvalue weighted by Crippen LogP contribution is -2.08. The zero-order valence-electron chi connectivity index (χ0n) is 9.62. The summed E-state index contributed by atoms with van der Waals surface area (Å²) in [6, 6.07) is 7.46. The van der Waals surface area contributed by atoms with Crippen molar-refractivity contribution in [2.75, 3.05) is 6.61 Å². The molecule has 0 aliphatic heterocycles. The van der Waals surface area contributed by atoms with Gasteiger partial charge in [-0.2, -0.15) is 4.68 Å². The number of ether oxygens (including phenoxy) is 1. The number of benzene rings is 1. The van der Waals surface area contributed by atoms with E-state index in [0.717, 1.165) is 10.2 Å². The molecule has 0 unspecified atom stereocenters. The predicted octanol–water partition coefficient (Wildman–Crippen LogP) is 3.40. The summed E-state index contributed by atoms with van der Waals surface area (Å²) in [5.74, 6) is 0.539. The first-order chi connectivity index (χ1) is 9.06. The number of nitro groups is 1. The summed E-state index contributed by atoms with van der Waals surface area (Å²) in [5, 5.41) is 14.5. The van der Waals surface area contributed by atoms with E-state index in [4.69, 9.17) is 4.74 Å². The normalized spacial score (nSPS) is 10.4. The maximum absolute atomic E-state index is 10.6. The smallest absolute Gasteiger partial charge is 0.404 e. The maximum atomic E-state index is 10.6. The van der Waals surface area contributed by atoms with Crippen molar-refractivity contribution in [2.45, 2.75) is 6.54 Å². The molecule has 0 aliphatic rings. The van der Waals surface area contributed by atoms with E-state index in [-0.39, 0.29) is 5.82 Å². The molecule has 0 amide bonds. The van der Waals surface area contributed by atoms with Crippen LogP contribution in [0.1, 0.15) is 0 Å². The zero-order chi connectivity index (χ0) is 13.8. The Kier molecular flexibility index (Phi) is 4.54. The summed E-state index contributed by atoms with van der Waals surface area (Å²) in [7, 11) is 0. The minimum Gasteiger partial charge on any atom is -0.492 e. The van der Waals surface area contributed by atoms with Crippen molar-refractivity contribution in [1.29, 1.82) is 0 Å². The fraction of sp³-hybridized carbons (Fsp3) is 0.182. The van der Waals surface area contributed by atoms with Crippen molar-refractivity contribution >= 4 is 37.7 Å². The summed E-state index contributed by atoms with van der Waals surface area (Å²) < 4.78 is 8.29. The molecule has 0 bridgehead atoms. The van der Waals surface area contributed by atoms with Crippen LogP contribution in [0, 0.1) is 10.1 Å². The van der Waals surface area contributed by atoms with E-state index in [2.05, 4.69) is 37.0 Å². The molecule has 19 heavy (non-hydrogen) atoms. The summed E-state index contributed by atoms with van der Waals surface area (Å²) in [6.07, 6.45) is 1.56. The molecule has 0 spiro atoms. The highest BCUT2D eigenvalue weighted by atomic mass is 79.9. The SMILES string of the molecule is O=[N+]([O-])c1nn(CCOc2cccc(Br)c2)cc1Br. The highest BCUT2D eigenvalue weighted by Gasteiger charge is 2.18. The Morgan fingerprint density at radius 3 is 2.84 bits per heavy atom. The Labute approximate surface area is 125 Å². The largest absolute Gasteiger partial charge is 0.492 e. The lowest BCUT2D eigenvalue weighted by atomic mass is 10.3. The average Bonchev–Trinajstić information content (AvgIpc) is 2.71. The highest BCUT2D eigenvalue weighted by Crippen LogP contribution is 2.22. The monoisotopic (exact) mass is 389 g/mol. The molecule has 1 aromatic carbocycles. The first-order valence-corrected chi connectivity index (χ1v) is 6.90. The number of hydrogen-bond donors (Lipinski definition) is 0. The van der Waals surface area contributed by atoms with Gasteiger partial charge in [0.25, 0.3) is 0 Å². The Morgan fingerprint density at radius 1 is 1.42 bits per heavy atom. The topological polar surface area (TPSA) is 70.2 Å². The molecule has 1 aromatic heterocycles. The van der Waals surface area contributed by atoms with Gasteiger partial charge in [0.05, 0.1) is 17.8 Å². The standard InChI is InChI=1S/C11H9Br2N3O3/c12-8-2-1-3-9(6-8)19-5-4-15-7-10(13)11(14-15)16(17)18/h1-3,6-7H,4-5H2. The molecule has 0 radical (unpaired) electrons. The second-order valence-corrected chi connectivity index (χ2v) is 5.40. The molecule has 0 saturated heterocycles. The molecule has 2 rings (SSSR count). The van der Waals surface area contributed by atoms with Gasteiger partial charge in [-0.25, -0.2) is 0 Å². The summed E-state index contributed by atoms with van der Waals surface area (Å²) in [5.41, 5.74) is 0. The van der Waals surface area contributed by atoms with Crippen LogP contribution in [-0.4, -0.2) is 21.3 Å². The second kappa shape index (κ2) is 6.16. The molecule has 0 atom stereocenters. The van der Waals surface area contributed by atoms with Gasteiger partial charge in [-0.3, -0.25) is 0 Å². The zero-order valence-corrected chi connectivity index (χ0v) is 12.8. The van der Waals surface area contributed by atoms with E-state index in [0.29, 0.717) is 17.6 Å². The van der Waals surface area contributed by atoms with Crippen molar-refractivity contribution in [3.05, 3.63) is 49.5 Å². The van der Waals surface area contributed by atoms with E-state index in [1.807, 2.05) is 24.3 Å². The van der Waals surface area contributed by atoms with Gasteiger partial charge < -0.3 is 14.9 Å². The Morgan fingerprint density at radius 2 is 2.21 bits per heavy atom. The molecule has 0 fully saturated rings. The molecule has 100 valence electrons. The van der Waals surface area contributed by atoms with Crippen LogP contribution in [-0.2, 0) is 6.54 Å². The third-order valence-electron chi connectivity index (χ3n) is 2.26. The van der Waals surface area contributed by atoms with Gasteiger partial charge in [0.1, 0.15) is 16.8 Å². The maximum Gasteiger partial charge on any atom is 0.404 e. The van der Waals surface area contributed by atoms with Crippen molar-refractivity contribution in [3.8, 4) is 5.75 Å². The summed E-state index contributed by atoms with van der Waals surface area (Å²) >= 11 is 6.44. The summed E-state index contributed by atoms with van der Waals surface area (Å²) in [6.45, 7) is 0.806. The van der Waals surface area contributed by atoms with Crippen molar-refractivity contribution in [2.24, 2.45) is 0 Å². The van der Waals surface area contributed by atoms with Crippen LogP contribution in [0.15, 0.2) is 39.4 Å². The van der Waals surface area contributed by atoms with E-state index >= 15 is 0 Å². The molecule has 8 heteroatoms. The van der Waals surface area contributed by atoms with Crippen LogP contribution in [0.25, 0.3) is 0 Å². The lowest BCUT2D eigenvalue weighted by Gasteiger charge is -2.04. The molecule has 2 aromatic rings. The van der Waals surface area contributed by atoms with Crippen molar-refractivity contribution in [3.63, 3.8) is 0 Å². The van der Waals surface area contributed by atoms with Crippen molar-refractivity contribution < 1.29 is 9.66 Å². The van der Waals surface area contributed by atoms with Crippen molar-refractivity contribution in [1.82, 2.24) is 9.78 Å². The third kappa shape index (κ3) is 3.77. The fourth-order valence-corrected chi connectivity index (χ4v) is 2.28. The minimum absolute atomic E-state index is 0.192. The first-order valence-electron chi connectivity index (χ1n) is 5.32. The van der Waals surface area contributed by atoms with Crippen LogP contribution in [0.3, 0.4) is 0 Å². The predicted molar refractivity (Wildman–Crippen MR) is 76.2 cm³/mol. The second-order valence-electron chi connectivity index (χ2n) is 3.63. The van der Waals surface area contributed by atoms with E-state index in [9.17, 15) is 10.1 Å². The number of nitrogens with zero attached hydrogens (tertiary/aromatic N) is 3.